The first-order chi connectivity index (χ1) is 17.4. The first kappa shape index (κ1) is 24.5. The lowest BCUT2D eigenvalue weighted by molar-refractivity contribution is 0.0785. The summed E-state index contributed by atoms with van der Waals surface area (Å²) in [4.78, 5) is 27.1. The van der Waals surface area contributed by atoms with Crippen molar-refractivity contribution in [1.29, 1.82) is 0 Å². The Balaban J connectivity index is 1.69. The van der Waals surface area contributed by atoms with Crippen LogP contribution < -0.4 is 14.8 Å². The molecule has 2 amide bonds. The Morgan fingerprint density at radius 3 is 2.28 bits per heavy atom. The van der Waals surface area contributed by atoms with Gasteiger partial charge >= 0.3 is 0 Å². The summed E-state index contributed by atoms with van der Waals surface area (Å²) in [7, 11) is 6.48. The highest BCUT2D eigenvalue weighted by molar-refractivity contribution is 6.00. The average molecular weight is 485 g/mol. The Hall–Kier alpha value is -4.59. The van der Waals surface area contributed by atoms with Crippen LogP contribution in [0.3, 0.4) is 0 Å². The minimum Gasteiger partial charge on any atom is -0.493 e. The third-order valence-corrected chi connectivity index (χ3v) is 5.83. The minimum atomic E-state index is -0.183. The van der Waals surface area contributed by atoms with Gasteiger partial charge in [0.05, 0.1) is 25.5 Å². The zero-order valence-corrected chi connectivity index (χ0v) is 20.7. The second-order valence-electron chi connectivity index (χ2n) is 8.18. The van der Waals surface area contributed by atoms with Crippen LogP contribution in [-0.2, 0) is 6.54 Å². The predicted octanol–water partition coefficient (Wildman–Crippen LogP) is 4.19. The van der Waals surface area contributed by atoms with Crippen LogP contribution in [-0.4, -0.2) is 54.8 Å². The molecule has 0 atom stereocenters. The van der Waals surface area contributed by atoms with E-state index in [0.29, 0.717) is 34.9 Å². The number of rotatable bonds is 8. The Kier molecular flexibility index (Phi) is 7.34. The van der Waals surface area contributed by atoms with Crippen molar-refractivity contribution < 1.29 is 19.1 Å². The molecule has 0 aliphatic carbocycles. The molecule has 8 heteroatoms. The summed E-state index contributed by atoms with van der Waals surface area (Å²) in [5, 5.41) is 7.37. The lowest BCUT2D eigenvalue weighted by atomic mass is 10.1. The van der Waals surface area contributed by atoms with Gasteiger partial charge in [0.1, 0.15) is 5.69 Å². The van der Waals surface area contributed by atoms with Crippen molar-refractivity contribution in [2.45, 2.75) is 6.54 Å². The van der Waals surface area contributed by atoms with Gasteiger partial charge in [0, 0.05) is 38.0 Å². The lowest BCUT2D eigenvalue weighted by Gasteiger charge is -2.17. The summed E-state index contributed by atoms with van der Waals surface area (Å²) >= 11 is 0. The fourth-order valence-electron chi connectivity index (χ4n) is 3.90. The van der Waals surface area contributed by atoms with E-state index in [9.17, 15) is 9.59 Å². The number of hydrogen-bond donors (Lipinski definition) is 1. The van der Waals surface area contributed by atoms with Gasteiger partial charge in [-0.2, -0.15) is 5.10 Å². The monoisotopic (exact) mass is 484 g/mol. The molecule has 0 saturated heterocycles. The fraction of sp³-hybridized carbons (Fsp3) is 0.179. The van der Waals surface area contributed by atoms with Crippen molar-refractivity contribution in [2.24, 2.45) is 0 Å². The van der Waals surface area contributed by atoms with Crippen molar-refractivity contribution in [3.05, 3.63) is 95.7 Å². The SMILES string of the molecule is CNC(=O)c1ccc(CN(C)C(=O)c2cn(-c3ccccc3)nc2-c2ccc(OC)c(OC)c2)cc1. The normalized spacial score (nSPS) is 10.6. The van der Waals surface area contributed by atoms with Gasteiger partial charge < -0.3 is 19.7 Å². The smallest absolute Gasteiger partial charge is 0.257 e. The third kappa shape index (κ3) is 5.07. The largest absolute Gasteiger partial charge is 0.493 e. The topological polar surface area (TPSA) is 85.7 Å². The van der Waals surface area contributed by atoms with E-state index < -0.39 is 0 Å². The Bertz CT molecular complexity index is 1360. The summed E-state index contributed by atoms with van der Waals surface area (Å²) in [6.07, 6.45) is 1.74. The van der Waals surface area contributed by atoms with Gasteiger partial charge in [-0.1, -0.05) is 30.3 Å². The Labute approximate surface area is 210 Å². The maximum atomic E-state index is 13.6. The third-order valence-electron chi connectivity index (χ3n) is 5.83. The number of hydrogen-bond acceptors (Lipinski definition) is 5. The number of nitrogens with one attached hydrogen (secondary N) is 1. The molecule has 0 spiro atoms. The van der Waals surface area contributed by atoms with E-state index in [1.54, 1.807) is 62.3 Å². The molecule has 0 radical (unpaired) electrons. The standard InChI is InChI=1S/C28H28N4O4/c1-29-27(33)20-12-10-19(11-13-20)17-31(2)28(34)23-18-32(22-8-6-5-7-9-22)30-26(23)21-14-15-24(35-3)25(16-21)36-4/h5-16,18H,17H2,1-4H3,(H,29,33). The highest BCUT2D eigenvalue weighted by Gasteiger charge is 2.23. The number of ether oxygens (including phenoxy) is 2. The van der Waals surface area contributed by atoms with Crippen LogP contribution in [0.4, 0.5) is 0 Å². The molecule has 0 unspecified atom stereocenters. The van der Waals surface area contributed by atoms with Gasteiger partial charge in [-0.3, -0.25) is 9.59 Å². The molecule has 0 aliphatic rings. The molecule has 36 heavy (non-hydrogen) atoms. The molecule has 184 valence electrons. The van der Waals surface area contributed by atoms with Crippen molar-refractivity contribution >= 4 is 11.8 Å². The molecule has 8 nitrogen and oxygen atoms in total. The molecule has 0 fully saturated rings. The first-order valence-corrected chi connectivity index (χ1v) is 11.4. The zero-order chi connectivity index (χ0) is 25.7. The van der Waals surface area contributed by atoms with E-state index in [1.165, 1.54) is 0 Å². The quantitative estimate of drug-likeness (QED) is 0.405. The molecule has 0 aliphatic heterocycles. The van der Waals surface area contributed by atoms with Crippen LogP contribution in [0.5, 0.6) is 11.5 Å². The number of carbonyl (C=O) groups is 2. The van der Waals surface area contributed by atoms with Crippen LogP contribution in [0.15, 0.2) is 79.0 Å². The van der Waals surface area contributed by atoms with Gasteiger partial charge in [0.2, 0.25) is 0 Å². The summed E-state index contributed by atoms with van der Waals surface area (Å²) < 4.78 is 12.5. The van der Waals surface area contributed by atoms with Crippen LogP contribution in [0.2, 0.25) is 0 Å². The second kappa shape index (κ2) is 10.8. The maximum absolute atomic E-state index is 13.6. The van der Waals surface area contributed by atoms with Gasteiger partial charge in [-0.05, 0) is 48.0 Å². The first-order valence-electron chi connectivity index (χ1n) is 11.4. The summed E-state index contributed by atoms with van der Waals surface area (Å²) in [6.45, 7) is 0.370. The molecular weight excluding hydrogens is 456 g/mol. The highest BCUT2D eigenvalue weighted by Crippen LogP contribution is 2.34. The van der Waals surface area contributed by atoms with Crippen LogP contribution in [0.1, 0.15) is 26.3 Å². The van der Waals surface area contributed by atoms with E-state index >= 15 is 0 Å². The molecule has 1 N–H and O–H groups in total. The zero-order valence-electron chi connectivity index (χ0n) is 20.7. The van der Waals surface area contributed by atoms with Crippen LogP contribution in [0.25, 0.3) is 16.9 Å². The lowest BCUT2D eigenvalue weighted by Crippen LogP contribution is -2.26. The summed E-state index contributed by atoms with van der Waals surface area (Å²) in [5.41, 5.74) is 4.03. The van der Waals surface area contributed by atoms with Gasteiger partial charge in [0.25, 0.3) is 11.8 Å². The highest BCUT2D eigenvalue weighted by atomic mass is 16.5. The molecule has 4 rings (SSSR count). The Morgan fingerprint density at radius 1 is 0.944 bits per heavy atom. The van der Waals surface area contributed by atoms with Crippen molar-refractivity contribution in [3.8, 4) is 28.4 Å². The molecule has 3 aromatic carbocycles. The summed E-state index contributed by atoms with van der Waals surface area (Å²) in [6, 6.07) is 22.3. The van der Waals surface area contributed by atoms with Crippen molar-refractivity contribution in [1.82, 2.24) is 20.0 Å². The van der Waals surface area contributed by atoms with E-state index in [2.05, 4.69) is 5.32 Å². The molecule has 1 heterocycles. The molecule has 4 aromatic rings. The molecule has 0 saturated carbocycles. The minimum absolute atomic E-state index is 0.154. The van der Waals surface area contributed by atoms with Gasteiger partial charge in [0.15, 0.2) is 11.5 Å². The number of aromatic nitrogens is 2. The van der Waals surface area contributed by atoms with Crippen molar-refractivity contribution in [2.75, 3.05) is 28.3 Å². The number of benzene rings is 3. The summed E-state index contributed by atoms with van der Waals surface area (Å²) in [5.74, 6) is 0.803. The second-order valence-corrected chi connectivity index (χ2v) is 8.18. The Morgan fingerprint density at radius 2 is 1.64 bits per heavy atom. The number of amides is 2. The van der Waals surface area contributed by atoms with E-state index in [1.807, 2.05) is 54.6 Å². The maximum Gasteiger partial charge on any atom is 0.257 e. The van der Waals surface area contributed by atoms with Crippen molar-refractivity contribution in [3.63, 3.8) is 0 Å². The molecular formula is C28H28N4O4. The van der Waals surface area contributed by atoms with E-state index in [4.69, 9.17) is 14.6 Å². The number of para-hydroxylation sites is 1. The molecule has 1 aromatic heterocycles. The average Bonchev–Trinajstić information content (AvgIpc) is 3.38. The van der Waals surface area contributed by atoms with Gasteiger partial charge in [-0.25, -0.2) is 4.68 Å². The predicted molar refractivity (Wildman–Crippen MR) is 138 cm³/mol. The van der Waals surface area contributed by atoms with Crippen LogP contribution in [0, 0.1) is 0 Å². The number of nitrogens with zero attached hydrogens (tertiary/aromatic N) is 3. The van der Waals surface area contributed by atoms with Gasteiger partial charge in [-0.15, -0.1) is 0 Å². The van der Waals surface area contributed by atoms with E-state index in [-0.39, 0.29) is 11.8 Å². The fourth-order valence-corrected chi connectivity index (χ4v) is 3.90. The molecule has 0 bridgehead atoms. The number of methoxy groups -OCH3 is 2. The van der Waals surface area contributed by atoms with E-state index in [0.717, 1.165) is 16.8 Å². The van der Waals surface area contributed by atoms with Crippen LogP contribution >= 0.6 is 0 Å². The number of carbonyl (C=O) groups excluding carboxylic acids is 2.